The van der Waals surface area contributed by atoms with Crippen LogP contribution >= 0.6 is 23.2 Å². The number of nitrogens with one attached hydrogen (secondary N) is 1. The molecule has 0 spiro atoms. The zero-order valence-corrected chi connectivity index (χ0v) is 19.9. The molecule has 34 heavy (non-hydrogen) atoms. The Morgan fingerprint density at radius 3 is 2.59 bits per heavy atom. The highest BCUT2D eigenvalue weighted by Gasteiger charge is 2.24. The Labute approximate surface area is 203 Å². The highest BCUT2D eigenvalue weighted by molar-refractivity contribution is 6.42. The van der Waals surface area contributed by atoms with E-state index in [9.17, 15) is 14.9 Å². The summed E-state index contributed by atoms with van der Waals surface area (Å²) in [6, 6.07) is 6.61. The average Bonchev–Trinajstić information content (AvgIpc) is 3.47. The standard InChI is InChI=1S/C21H19Cl2N7O4/c1-11-19(12(2)29(25-11)9-14-4-5-16(22)17(23)8-14)24-21(31)20-15(13(3)34-27-20)10-28-7-6-18(26-28)30(32)33/h4-8H,9-10H2,1-3H3,(H,24,31). The van der Waals surface area contributed by atoms with Gasteiger partial charge in [0.25, 0.3) is 5.91 Å². The average molecular weight is 504 g/mol. The Bertz CT molecular complexity index is 1410. The third-order valence-corrected chi connectivity index (χ3v) is 6.01. The van der Waals surface area contributed by atoms with Gasteiger partial charge in [-0.3, -0.25) is 9.48 Å². The minimum Gasteiger partial charge on any atom is -0.361 e. The maximum Gasteiger partial charge on any atom is 0.389 e. The van der Waals surface area contributed by atoms with Crippen molar-refractivity contribution in [2.24, 2.45) is 0 Å². The van der Waals surface area contributed by atoms with Crippen LogP contribution in [0.15, 0.2) is 35.0 Å². The van der Waals surface area contributed by atoms with Gasteiger partial charge >= 0.3 is 5.82 Å². The lowest BCUT2D eigenvalue weighted by molar-refractivity contribution is -0.389. The molecule has 0 unspecified atom stereocenters. The summed E-state index contributed by atoms with van der Waals surface area (Å²) in [4.78, 5) is 23.4. The number of rotatable bonds is 7. The van der Waals surface area contributed by atoms with Gasteiger partial charge in [-0.15, -0.1) is 0 Å². The molecule has 1 aromatic carbocycles. The minimum atomic E-state index is -0.591. The lowest BCUT2D eigenvalue weighted by atomic mass is 10.1. The largest absolute Gasteiger partial charge is 0.389 e. The Morgan fingerprint density at radius 2 is 1.91 bits per heavy atom. The van der Waals surface area contributed by atoms with Crippen LogP contribution in [-0.2, 0) is 13.1 Å². The molecule has 11 nitrogen and oxygen atoms in total. The van der Waals surface area contributed by atoms with E-state index >= 15 is 0 Å². The fourth-order valence-corrected chi connectivity index (χ4v) is 3.79. The van der Waals surface area contributed by atoms with Crippen molar-refractivity contribution in [3.8, 4) is 0 Å². The molecule has 0 aliphatic rings. The van der Waals surface area contributed by atoms with Gasteiger partial charge in [0.2, 0.25) is 0 Å². The van der Waals surface area contributed by atoms with E-state index in [1.54, 1.807) is 30.7 Å². The molecule has 0 saturated heterocycles. The van der Waals surface area contributed by atoms with E-state index in [1.807, 2.05) is 13.0 Å². The van der Waals surface area contributed by atoms with Crippen LogP contribution < -0.4 is 5.32 Å². The van der Waals surface area contributed by atoms with Gasteiger partial charge in [-0.25, -0.2) is 0 Å². The quantitative estimate of drug-likeness (QED) is 0.288. The van der Waals surface area contributed by atoms with E-state index in [0.717, 1.165) is 11.3 Å². The second-order valence-corrected chi connectivity index (χ2v) is 8.42. The second-order valence-electron chi connectivity index (χ2n) is 7.60. The van der Waals surface area contributed by atoms with E-state index in [1.165, 1.54) is 16.9 Å². The topological polar surface area (TPSA) is 134 Å². The first-order valence-corrected chi connectivity index (χ1v) is 10.8. The number of carbonyl (C=O) groups excluding carboxylic acids is 1. The van der Waals surface area contributed by atoms with Crippen molar-refractivity contribution < 1.29 is 14.2 Å². The highest BCUT2D eigenvalue weighted by atomic mass is 35.5. The fourth-order valence-electron chi connectivity index (χ4n) is 3.47. The third kappa shape index (κ3) is 4.66. The van der Waals surface area contributed by atoms with E-state index < -0.39 is 10.8 Å². The van der Waals surface area contributed by atoms with Crippen molar-refractivity contribution in [2.75, 3.05) is 5.32 Å². The van der Waals surface area contributed by atoms with Crippen molar-refractivity contribution in [2.45, 2.75) is 33.9 Å². The Hall–Kier alpha value is -3.70. The first-order chi connectivity index (χ1) is 16.1. The van der Waals surface area contributed by atoms with Gasteiger partial charge in [0.15, 0.2) is 5.69 Å². The van der Waals surface area contributed by atoms with E-state index in [2.05, 4.69) is 20.7 Å². The monoisotopic (exact) mass is 503 g/mol. The van der Waals surface area contributed by atoms with Gasteiger partial charge in [-0.1, -0.05) is 34.4 Å². The van der Waals surface area contributed by atoms with Crippen LogP contribution in [0, 0.1) is 30.9 Å². The van der Waals surface area contributed by atoms with Crippen LogP contribution in [0.3, 0.4) is 0 Å². The molecule has 0 bridgehead atoms. The predicted molar refractivity (Wildman–Crippen MR) is 124 cm³/mol. The maximum atomic E-state index is 13.1. The number of hydrogen-bond donors (Lipinski definition) is 1. The molecule has 4 rings (SSSR count). The number of nitrogens with zero attached hydrogens (tertiary/aromatic N) is 6. The molecule has 4 aromatic rings. The first-order valence-electron chi connectivity index (χ1n) is 10.1. The van der Waals surface area contributed by atoms with E-state index in [0.29, 0.717) is 39.3 Å². The molecule has 0 aliphatic heterocycles. The molecule has 0 radical (unpaired) electrons. The third-order valence-electron chi connectivity index (χ3n) is 5.27. The fraction of sp³-hybridized carbons (Fsp3) is 0.238. The van der Waals surface area contributed by atoms with Crippen molar-refractivity contribution >= 4 is 40.6 Å². The summed E-state index contributed by atoms with van der Waals surface area (Å²) in [6.45, 7) is 5.80. The molecular weight excluding hydrogens is 485 g/mol. The lowest BCUT2D eigenvalue weighted by Crippen LogP contribution is -2.17. The lowest BCUT2D eigenvalue weighted by Gasteiger charge is -2.08. The van der Waals surface area contributed by atoms with Gasteiger partial charge < -0.3 is 20.0 Å². The van der Waals surface area contributed by atoms with Crippen LogP contribution in [0.1, 0.15) is 38.8 Å². The van der Waals surface area contributed by atoms with Crippen molar-refractivity contribution in [1.82, 2.24) is 24.7 Å². The zero-order valence-electron chi connectivity index (χ0n) is 18.4. The number of halogens is 2. The van der Waals surface area contributed by atoms with Crippen LogP contribution in [0.2, 0.25) is 10.0 Å². The second kappa shape index (κ2) is 9.27. The van der Waals surface area contributed by atoms with Crippen molar-refractivity contribution in [1.29, 1.82) is 0 Å². The summed E-state index contributed by atoms with van der Waals surface area (Å²) >= 11 is 12.1. The summed E-state index contributed by atoms with van der Waals surface area (Å²) in [7, 11) is 0. The van der Waals surface area contributed by atoms with Crippen LogP contribution in [-0.4, -0.2) is 35.5 Å². The van der Waals surface area contributed by atoms with Gasteiger partial charge in [-0.05, 0) is 43.4 Å². The molecule has 0 aliphatic carbocycles. The number of aromatic nitrogens is 5. The smallest absolute Gasteiger partial charge is 0.361 e. The molecule has 13 heteroatoms. The predicted octanol–water partition coefficient (Wildman–Crippen LogP) is 4.56. The number of aryl methyl sites for hydroxylation is 2. The number of amides is 1. The first kappa shape index (κ1) is 23.5. The Morgan fingerprint density at radius 1 is 1.15 bits per heavy atom. The Kier molecular flexibility index (Phi) is 6.40. The number of benzene rings is 1. The number of anilines is 1. The van der Waals surface area contributed by atoms with Gasteiger partial charge in [-0.2, -0.15) is 9.78 Å². The zero-order chi connectivity index (χ0) is 24.6. The molecule has 0 saturated carbocycles. The van der Waals surface area contributed by atoms with E-state index in [4.69, 9.17) is 27.7 Å². The summed E-state index contributed by atoms with van der Waals surface area (Å²) < 4.78 is 8.32. The SMILES string of the molecule is Cc1nn(Cc2ccc(Cl)c(Cl)c2)c(C)c1NC(=O)c1noc(C)c1Cn1ccc([N+](=O)[O-])n1. The number of hydrogen-bond acceptors (Lipinski definition) is 7. The maximum absolute atomic E-state index is 13.1. The number of carbonyl (C=O) groups is 1. The molecule has 1 N–H and O–H groups in total. The van der Waals surface area contributed by atoms with Gasteiger partial charge in [0.1, 0.15) is 5.76 Å². The molecule has 3 aromatic heterocycles. The normalized spacial score (nSPS) is 11.1. The van der Waals surface area contributed by atoms with Crippen LogP contribution in [0.25, 0.3) is 0 Å². The van der Waals surface area contributed by atoms with Crippen molar-refractivity contribution in [3.05, 3.63) is 84.6 Å². The van der Waals surface area contributed by atoms with Crippen LogP contribution in [0.5, 0.6) is 0 Å². The molecule has 0 atom stereocenters. The molecule has 3 heterocycles. The van der Waals surface area contributed by atoms with E-state index in [-0.39, 0.29) is 18.1 Å². The molecule has 1 amide bonds. The highest BCUT2D eigenvalue weighted by Crippen LogP contribution is 2.26. The number of nitro groups is 1. The summed E-state index contributed by atoms with van der Waals surface area (Å²) in [5.41, 5.74) is 3.34. The summed E-state index contributed by atoms with van der Waals surface area (Å²) in [6.07, 6.45) is 1.45. The molecule has 0 fully saturated rings. The van der Waals surface area contributed by atoms with Gasteiger partial charge in [0, 0.05) is 0 Å². The molecule has 176 valence electrons. The molecular formula is C21H19Cl2N7O4. The van der Waals surface area contributed by atoms with Crippen LogP contribution in [0.4, 0.5) is 11.5 Å². The van der Waals surface area contributed by atoms with Crippen molar-refractivity contribution in [3.63, 3.8) is 0 Å². The van der Waals surface area contributed by atoms with Gasteiger partial charge in [0.05, 0.1) is 63.1 Å². The Balaban J connectivity index is 1.55. The minimum absolute atomic E-state index is 0.0617. The summed E-state index contributed by atoms with van der Waals surface area (Å²) in [5, 5.41) is 26.9. The summed E-state index contributed by atoms with van der Waals surface area (Å²) in [5.74, 6) is -0.374.